The molecule has 0 atom stereocenters. The fourth-order valence-corrected chi connectivity index (χ4v) is 5.51. The number of carbonyl (C=O) groups is 1. The van der Waals surface area contributed by atoms with Gasteiger partial charge in [0.1, 0.15) is 21.8 Å². The third kappa shape index (κ3) is 4.88. The third-order valence-electron chi connectivity index (χ3n) is 6.01. The Morgan fingerprint density at radius 2 is 1.84 bits per heavy atom. The van der Waals surface area contributed by atoms with E-state index in [4.69, 9.17) is 12.2 Å². The molecule has 1 amide bonds. The van der Waals surface area contributed by atoms with Crippen LogP contribution in [-0.2, 0) is 11.8 Å². The lowest BCUT2D eigenvalue weighted by Crippen LogP contribution is -2.34. The van der Waals surface area contributed by atoms with E-state index in [2.05, 4.69) is 17.9 Å². The Morgan fingerprint density at radius 3 is 2.45 bits per heavy atom. The number of aromatic nitrogens is 1. The number of hydrogen-bond donors (Lipinski definition) is 0. The third-order valence-corrected chi connectivity index (χ3v) is 7.39. The highest BCUT2D eigenvalue weighted by Crippen LogP contribution is 2.36. The van der Waals surface area contributed by atoms with Gasteiger partial charge in [-0.1, -0.05) is 56.6 Å². The van der Waals surface area contributed by atoms with E-state index in [1.54, 1.807) is 23.4 Å². The summed E-state index contributed by atoms with van der Waals surface area (Å²) in [6.07, 6.45) is 9.37. The monoisotopic (exact) mass is 458 g/mol. The molecule has 3 rings (SSSR count). The van der Waals surface area contributed by atoms with Crippen molar-refractivity contribution < 1.29 is 4.79 Å². The fourth-order valence-electron chi connectivity index (χ4n) is 4.22. The van der Waals surface area contributed by atoms with Gasteiger partial charge in [-0.2, -0.15) is 5.26 Å². The molecule has 0 spiro atoms. The molecule has 2 fully saturated rings. The molecule has 2 aliphatic heterocycles. The van der Waals surface area contributed by atoms with Gasteiger partial charge < -0.3 is 4.90 Å². The second-order valence-electron chi connectivity index (χ2n) is 8.15. The van der Waals surface area contributed by atoms with Crippen molar-refractivity contribution in [3.8, 4) is 6.07 Å². The molecule has 8 heteroatoms. The van der Waals surface area contributed by atoms with Gasteiger partial charge in [0, 0.05) is 32.2 Å². The van der Waals surface area contributed by atoms with E-state index in [1.165, 1.54) is 24.6 Å². The van der Waals surface area contributed by atoms with E-state index >= 15 is 0 Å². The average Bonchev–Trinajstić information content (AvgIpc) is 2.93. The Kier molecular flexibility index (Phi) is 7.95. The summed E-state index contributed by atoms with van der Waals surface area (Å²) < 4.78 is 2.15. The first-order valence-corrected chi connectivity index (χ1v) is 12.3. The maximum Gasteiger partial charge on any atom is 0.270 e. The summed E-state index contributed by atoms with van der Waals surface area (Å²) in [5.41, 5.74) is 1.24. The molecule has 0 saturated carbocycles. The summed E-state index contributed by atoms with van der Waals surface area (Å²) >= 11 is 6.78. The van der Waals surface area contributed by atoms with Crippen LogP contribution in [0.15, 0.2) is 9.70 Å². The van der Waals surface area contributed by atoms with E-state index in [0.29, 0.717) is 21.3 Å². The van der Waals surface area contributed by atoms with Gasteiger partial charge in [-0.25, -0.2) is 0 Å². The summed E-state index contributed by atoms with van der Waals surface area (Å²) in [5, 5.41) is 9.61. The highest BCUT2D eigenvalue weighted by molar-refractivity contribution is 8.26. The SMILES string of the molecule is CCCCCN1C(=O)C(=Cc2c(C)c(C#N)c(=O)n(C)c2N2CCCCCC2)SC1=S. The summed E-state index contributed by atoms with van der Waals surface area (Å²) in [7, 11) is 1.72. The highest BCUT2D eigenvalue weighted by Gasteiger charge is 2.32. The van der Waals surface area contributed by atoms with Crippen molar-refractivity contribution in [2.45, 2.75) is 58.8 Å². The van der Waals surface area contributed by atoms with E-state index in [-0.39, 0.29) is 17.0 Å². The molecule has 0 aliphatic carbocycles. The van der Waals surface area contributed by atoms with Crippen LogP contribution in [0, 0.1) is 18.3 Å². The summed E-state index contributed by atoms with van der Waals surface area (Å²) in [6, 6.07) is 2.07. The lowest BCUT2D eigenvalue weighted by Gasteiger charge is -2.28. The molecule has 1 aromatic heterocycles. The maximum atomic E-state index is 13.1. The molecule has 0 bridgehead atoms. The Balaban J connectivity index is 2.08. The number of unbranched alkanes of at least 4 members (excludes halogenated alkanes) is 2. The van der Waals surface area contributed by atoms with Crippen LogP contribution < -0.4 is 10.5 Å². The molecule has 2 saturated heterocycles. The molecule has 166 valence electrons. The highest BCUT2D eigenvalue weighted by atomic mass is 32.2. The lowest BCUT2D eigenvalue weighted by atomic mass is 10.0. The Morgan fingerprint density at radius 1 is 1.16 bits per heavy atom. The number of nitrogens with zero attached hydrogens (tertiary/aromatic N) is 4. The minimum absolute atomic E-state index is 0.0836. The molecule has 0 N–H and O–H groups in total. The van der Waals surface area contributed by atoms with Gasteiger partial charge >= 0.3 is 0 Å². The van der Waals surface area contributed by atoms with Crippen LogP contribution in [0.5, 0.6) is 0 Å². The van der Waals surface area contributed by atoms with Gasteiger partial charge in [0.15, 0.2) is 0 Å². The van der Waals surface area contributed by atoms with E-state index in [9.17, 15) is 14.9 Å². The minimum Gasteiger partial charge on any atom is -0.357 e. The summed E-state index contributed by atoms with van der Waals surface area (Å²) in [6.45, 7) is 6.28. The Hall–Kier alpha value is -2.11. The second kappa shape index (κ2) is 10.5. The molecule has 2 aliphatic rings. The van der Waals surface area contributed by atoms with Crippen molar-refractivity contribution in [1.29, 1.82) is 5.26 Å². The van der Waals surface area contributed by atoms with Crippen LogP contribution in [-0.4, -0.2) is 39.3 Å². The fraction of sp³-hybridized carbons (Fsp3) is 0.565. The first-order valence-electron chi connectivity index (χ1n) is 11.0. The number of anilines is 1. The number of carbonyl (C=O) groups excluding carboxylic acids is 1. The van der Waals surface area contributed by atoms with Crippen molar-refractivity contribution in [3.05, 3.63) is 31.9 Å². The number of thioether (sulfide) groups is 1. The van der Waals surface area contributed by atoms with Crippen molar-refractivity contribution in [2.24, 2.45) is 7.05 Å². The molecular weight excluding hydrogens is 428 g/mol. The average molecular weight is 459 g/mol. The molecule has 3 heterocycles. The Bertz CT molecular complexity index is 998. The zero-order valence-corrected chi connectivity index (χ0v) is 20.2. The number of thiocarbonyl (C=S) groups is 1. The number of amides is 1. The van der Waals surface area contributed by atoms with Crippen LogP contribution in [0.2, 0.25) is 0 Å². The quantitative estimate of drug-likeness (QED) is 0.359. The minimum atomic E-state index is -0.288. The largest absolute Gasteiger partial charge is 0.357 e. The molecular formula is C23H30N4O2S2. The molecule has 0 aromatic carbocycles. The first kappa shape index (κ1) is 23.6. The summed E-state index contributed by atoms with van der Waals surface area (Å²) in [5.74, 6) is 0.708. The topological polar surface area (TPSA) is 69.3 Å². The summed E-state index contributed by atoms with van der Waals surface area (Å²) in [4.78, 5) is 30.4. The van der Waals surface area contributed by atoms with Gasteiger partial charge in [-0.15, -0.1) is 0 Å². The van der Waals surface area contributed by atoms with Crippen LogP contribution >= 0.6 is 24.0 Å². The Labute approximate surface area is 193 Å². The van der Waals surface area contributed by atoms with Gasteiger partial charge in [0.05, 0.1) is 4.91 Å². The predicted octanol–water partition coefficient (Wildman–Crippen LogP) is 4.34. The van der Waals surface area contributed by atoms with E-state index < -0.39 is 0 Å². The maximum absolute atomic E-state index is 13.1. The van der Waals surface area contributed by atoms with Gasteiger partial charge in [-0.3, -0.25) is 19.1 Å². The van der Waals surface area contributed by atoms with Crippen LogP contribution in [0.1, 0.15) is 68.6 Å². The van der Waals surface area contributed by atoms with Gasteiger partial charge in [0.25, 0.3) is 11.5 Å². The first-order chi connectivity index (χ1) is 14.9. The van der Waals surface area contributed by atoms with Crippen LogP contribution in [0.3, 0.4) is 0 Å². The lowest BCUT2D eigenvalue weighted by molar-refractivity contribution is -0.122. The second-order valence-corrected chi connectivity index (χ2v) is 9.83. The molecule has 1 aromatic rings. The van der Waals surface area contributed by atoms with Crippen LogP contribution in [0.4, 0.5) is 5.82 Å². The van der Waals surface area contributed by atoms with Crippen molar-refractivity contribution in [1.82, 2.24) is 9.47 Å². The van der Waals surface area contributed by atoms with Crippen molar-refractivity contribution in [2.75, 3.05) is 24.5 Å². The zero-order chi connectivity index (χ0) is 22.5. The van der Waals surface area contributed by atoms with Gasteiger partial charge in [0.2, 0.25) is 0 Å². The van der Waals surface area contributed by atoms with Crippen molar-refractivity contribution >= 4 is 46.1 Å². The number of pyridine rings is 1. The van der Waals surface area contributed by atoms with Crippen LogP contribution in [0.25, 0.3) is 6.08 Å². The standard InChI is InChI=1S/C23H30N4O2S2/c1-4-5-8-13-27-22(29)19(31-23(27)30)14-17-16(2)18(15-24)21(28)25(3)20(17)26-11-9-6-7-10-12-26/h14H,4-13H2,1-3H3. The van der Waals surface area contributed by atoms with Crippen molar-refractivity contribution in [3.63, 3.8) is 0 Å². The molecule has 31 heavy (non-hydrogen) atoms. The predicted molar refractivity (Wildman–Crippen MR) is 131 cm³/mol. The smallest absolute Gasteiger partial charge is 0.270 e. The van der Waals surface area contributed by atoms with Gasteiger partial charge in [-0.05, 0) is 37.8 Å². The van der Waals surface area contributed by atoms with E-state index in [0.717, 1.165) is 56.6 Å². The molecule has 0 unspecified atom stereocenters. The normalized spacial score (nSPS) is 18.6. The zero-order valence-electron chi connectivity index (χ0n) is 18.6. The molecule has 6 nitrogen and oxygen atoms in total. The van der Waals surface area contributed by atoms with E-state index in [1.807, 2.05) is 6.08 Å². The number of rotatable bonds is 6. The number of hydrogen-bond acceptors (Lipinski definition) is 6. The molecule has 0 radical (unpaired) electrons. The number of nitriles is 1.